The van der Waals surface area contributed by atoms with Gasteiger partial charge in [0.05, 0.1) is 35.3 Å². The summed E-state index contributed by atoms with van der Waals surface area (Å²) in [6.45, 7) is 3.45. The SMILES string of the molecule is O[C@H]1C[C@H]2COCC[C@@H]3C[C@@H]3c3c(Cl)cc4[nH]ncc4c3-c3ncc4c(nc(OC[C@@]56CCCN5C[C@H](F)C6)nc4c3F)N(C1)C2. The highest BCUT2D eigenvalue weighted by molar-refractivity contribution is 6.33. The van der Waals surface area contributed by atoms with Gasteiger partial charge in [0.25, 0.3) is 0 Å². The summed E-state index contributed by atoms with van der Waals surface area (Å²) in [4.78, 5) is 18.3. The quantitative estimate of drug-likeness (QED) is 0.315. The molecule has 6 bridgehead atoms. The molecule has 46 heavy (non-hydrogen) atoms. The molecule has 1 saturated carbocycles. The topological polar surface area (TPSA) is 113 Å². The van der Waals surface area contributed by atoms with Crippen molar-refractivity contribution < 1.29 is 23.4 Å². The number of benzene rings is 1. The summed E-state index contributed by atoms with van der Waals surface area (Å²) in [5.41, 5.74) is 2.00. The first-order valence-corrected chi connectivity index (χ1v) is 16.8. The van der Waals surface area contributed by atoms with Crippen LogP contribution >= 0.6 is 11.6 Å². The number of H-pyrrole nitrogens is 1. The van der Waals surface area contributed by atoms with Crippen LogP contribution in [0.15, 0.2) is 18.5 Å². The number of alkyl halides is 1. The first kappa shape index (κ1) is 29.0. The third kappa shape index (κ3) is 4.74. The molecule has 3 aromatic heterocycles. The molecule has 0 radical (unpaired) electrons. The maximum absolute atomic E-state index is 17.1. The lowest BCUT2D eigenvalue weighted by molar-refractivity contribution is 0.0553. The third-order valence-corrected chi connectivity index (χ3v) is 11.3. The van der Waals surface area contributed by atoms with E-state index < -0.39 is 23.6 Å². The van der Waals surface area contributed by atoms with Crippen molar-refractivity contribution in [2.24, 2.45) is 11.8 Å². The summed E-state index contributed by atoms with van der Waals surface area (Å²) in [5, 5.41) is 19.9. The van der Waals surface area contributed by atoms with Crippen molar-refractivity contribution in [2.75, 3.05) is 50.9 Å². The van der Waals surface area contributed by atoms with Gasteiger partial charge in [-0.2, -0.15) is 15.1 Å². The van der Waals surface area contributed by atoms with E-state index in [0.29, 0.717) is 78.9 Å². The Morgan fingerprint density at radius 3 is 3.00 bits per heavy atom. The lowest BCUT2D eigenvalue weighted by atomic mass is 9.94. The van der Waals surface area contributed by atoms with Crippen LogP contribution in [0.2, 0.25) is 5.02 Å². The zero-order chi connectivity index (χ0) is 31.2. The fourth-order valence-corrected chi connectivity index (χ4v) is 9.06. The Hall–Kier alpha value is -3.19. The van der Waals surface area contributed by atoms with E-state index in [9.17, 15) is 9.50 Å². The van der Waals surface area contributed by atoms with Gasteiger partial charge in [-0.1, -0.05) is 11.6 Å². The van der Waals surface area contributed by atoms with Gasteiger partial charge in [0.15, 0.2) is 5.82 Å². The molecule has 10 nitrogen and oxygen atoms in total. The van der Waals surface area contributed by atoms with Crippen molar-refractivity contribution in [1.29, 1.82) is 0 Å². The molecule has 6 atom stereocenters. The summed E-state index contributed by atoms with van der Waals surface area (Å²) in [6, 6.07) is 1.88. The minimum absolute atomic E-state index is 0.0260. The number of aliphatic hydroxyl groups is 1. The maximum atomic E-state index is 17.1. The molecule has 3 saturated heterocycles. The number of rotatable bonds is 3. The molecule has 6 aliphatic rings. The molecule has 4 aromatic rings. The summed E-state index contributed by atoms with van der Waals surface area (Å²) in [7, 11) is 0. The fourth-order valence-electron chi connectivity index (χ4n) is 8.71. The number of piperidine rings is 1. The van der Waals surface area contributed by atoms with Crippen LogP contribution in [0.3, 0.4) is 0 Å². The Kier molecular flexibility index (Phi) is 6.89. The Morgan fingerprint density at radius 1 is 1.17 bits per heavy atom. The minimum Gasteiger partial charge on any atom is -0.461 e. The average molecular weight is 652 g/mol. The number of ether oxygens (including phenoxy) is 2. The number of halogens is 3. The van der Waals surface area contributed by atoms with E-state index in [2.05, 4.69) is 20.1 Å². The van der Waals surface area contributed by atoms with Crippen molar-refractivity contribution in [3.8, 4) is 17.3 Å². The van der Waals surface area contributed by atoms with E-state index in [-0.39, 0.29) is 35.7 Å². The smallest absolute Gasteiger partial charge is 0.319 e. The molecule has 1 aliphatic carbocycles. The molecule has 1 aromatic carbocycles. The second-order valence-corrected chi connectivity index (χ2v) is 14.4. The highest BCUT2D eigenvalue weighted by Gasteiger charge is 2.49. The maximum Gasteiger partial charge on any atom is 0.319 e. The molecular formula is C33H36ClF2N7O3. The summed E-state index contributed by atoms with van der Waals surface area (Å²) in [5.74, 6) is 0.416. The predicted octanol–water partition coefficient (Wildman–Crippen LogP) is 5.03. The van der Waals surface area contributed by atoms with Gasteiger partial charge in [0.1, 0.15) is 29.8 Å². The van der Waals surface area contributed by atoms with Gasteiger partial charge in [-0.25, -0.2) is 8.78 Å². The Morgan fingerprint density at radius 2 is 2.09 bits per heavy atom. The predicted molar refractivity (Wildman–Crippen MR) is 169 cm³/mol. The number of fused-ring (bicyclic) bond motifs is 6. The standard InChI is InChI=1S/C33H36ClF2N7O3/c34-24-8-25-22(11-38-41-25)27-26(24)21-7-18(21)2-5-45-15-17-6-20(44)14-42(12-17)31-23-10-37-30(27)28(36)29(23)39-32(40-31)46-16-33-3-1-4-43(33)13-19(35)9-33/h8,10-11,17-21,44H,1-7,9,12-16H2,(H,38,41)/t17-,18-,19-,20+,21+,33+/m1/s1. The number of hydrogen-bond donors (Lipinski definition) is 2. The number of aromatic amines is 1. The fraction of sp³-hybridized carbons (Fsp3) is 0.576. The lowest BCUT2D eigenvalue weighted by Crippen LogP contribution is -2.45. The van der Waals surface area contributed by atoms with Crippen molar-refractivity contribution in [1.82, 2.24) is 30.0 Å². The third-order valence-electron chi connectivity index (χ3n) is 10.9. The van der Waals surface area contributed by atoms with Crippen LogP contribution in [0.5, 0.6) is 6.01 Å². The summed E-state index contributed by atoms with van der Waals surface area (Å²) < 4.78 is 44.1. The van der Waals surface area contributed by atoms with Crippen molar-refractivity contribution in [3.63, 3.8) is 0 Å². The second-order valence-electron chi connectivity index (χ2n) is 14.0. The van der Waals surface area contributed by atoms with Gasteiger partial charge in [-0.3, -0.25) is 15.0 Å². The monoisotopic (exact) mass is 651 g/mol. The average Bonchev–Trinajstić information content (AvgIpc) is 3.28. The van der Waals surface area contributed by atoms with E-state index >= 15 is 4.39 Å². The lowest BCUT2D eigenvalue weighted by Gasteiger charge is -2.37. The van der Waals surface area contributed by atoms with Gasteiger partial charge in [-0.05, 0) is 62.1 Å². The first-order chi connectivity index (χ1) is 22.4. The number of anilines is 1. The summed E-state index contributed by atoms with van der Waals surface area (Å²) >= 11 is 6.93. The Balaban J connectivity index is 1.22. The van der Waals surface area contributed by atoms with E-state index in [1.54, 1.807) is 12.4 Å². The molecule has 2 N–H and O–H groups in total. The number of hydrogen-bond acceptors (Lipinski definition) is 9. The van der Waals surface area contributed by atoms with Crippen LogP contribution in [-0.2, 0) is 4.74 Å². The molecule has 242 valence electrons. The zero-order valence-electron chi connectivity index (χ0n) is 25.4. The van der Waals surface area contributed by atoms with Gasteiger partial charge in [0.2, 0.25) is 0 Å². The molecule has 8 heterocycles. The number of aliphatic hydroxyl groups excluding tert-OH is 1. The van der Waals surface area contributed by atoms with Gasteiger partial charge >= 0.3 is 6.01 Å². The van der Waals surface area contributed by atoms with Crippen molar-refractivity contribution >= 4 is 39.2 Å². The molecule has 0 spiro atoms. The number of pyridine rings is 1. The molecule has 13 heteroatoms. The van der Waals surface area contributed by atoms with Crippen LogP contribution in [-0.4, -0.2) is 99.0 Å². The minimum atomic E-state index is -0.901. The number of nitrogens with zero attached hydrogens (tertiary/aromatic N) is 6. The molecule has 0 amide bonds. The first-order valence-electron chi connectivity index (χ1n) is 16.4. The highest BCUT2D eigenvalue weighted by Crippen LogP contribution is 2.56. The molecule has 5 aliphatic heterocycles. The summed E-state index contributed by atoms with van der Waals surface area (Å²) in [6.07, 6.45) is 6.41. The van der Waals surface area contributed by atoms with E-state index in [1.165, 1.54) is 0 Å². The van der Waals surface area contributed by atoms with Gasteiger partial charge in [0, 0.05) is 60.7 Å². The molecule has 10 rings (SSSR count). The Bertz CT molecular complexity index is 1840. The van der Waals surface area contributed by atoms with Crippen molar-refractivity contribution in [2.45, 2.75) is 62.3 Å². The van der Waals surface area contributed by atoms with Gasteiger partial charge < -0.3 is 19.5 Å². The van der Waals surface area contributed by atoms with E-state index in [1.807, 2.05) is 11.0 Å². The van der Waals surface area contributed by atoms with Crippen LogP contribution in [0.4, 0.5) is 14.6 Å². The van der Waals surface area contributed by atoms with E-state index in [0.717, 1.165) is 43.2 Å². The second kappa shape index (κ2) is 10.9. The van der Waals surface area contributed by atoms with Crippen LogP contribution in [0, 0.1) is 17.7 Å². The van der Waals surface area contributed by atoms with Crippen LogP contribution in [0.25, 0.3) is 33.1 Å². The molecule has 0 unspecified atom stereocenters. The van der Waals surface area contributed by atoms with Crippen LogP contribution in [0.1, 0.15) is 50.0 Å². The number of aromatic nitrogens is 5. The van der Waals surface area contributed by atoms with E-state index in [4.69, 9.17) is 31.0 Å². The number of nitrogens with one attached hydrogen (secondary N) is 1. The molecular weight excluding hydrogens is 616 g/mol. The largest absolute Gasteiger partial charge is 0.461 e. The zero-order valence-corrected chi connectivity index (χ0v) is 26.1. The molecule has 4 fully saturated rings. The van der Waals surface area contributed by atoms with Crippen LogP contribution < -0.4 is 9.64 Å². The van der Waals surface area contributed by atoms with Crippen molar-refractivity contribution in [3.05, 3.63) is 34.9 Å². The van der Waals surface area contributed by atoms with Gasteiger partial charge in [-0.15, -0.1) is 0 Å². The Labute approximate surface area is 269 Å². The normalized spacial score (nSPS) is 31.0. The highest BCUT2D eigenvalue weighted by atomic mass is 35.5.